The monoisotopic (exact) mass is 303 g/mol. The highest BCUT2D eigenvalue weighted by Crippen LogP contribution is 2.26. The highest BCUT2D eigenvalue weighted by atomic mass is 35.5. The van der Waals surface area contributed by atoms with E-state index in [4.69, 9.17) is 11.6 Å². The molecule has 0 aliphatic carbocycles. The van der Waals surface area contributed by atoms with Crippen molar-refractivity contribution in [2.24, 2.45) is 0 Å². The first-order chi connectivity index (χ1) is 10.2. The van der Waals surface area contributed by atoms with Gasteiger partial charge in [0.05, 0.1) is 0 Å². The number of nitrogens with one attached hydrogen (secondary N) is 1. The molecular formula is C18H22ClNO. The van der Waals surface area contributed by atoms with Crippen molar-refractivity contribution in [1.29, 1.82) is 0 Å². The molecule has 0 spiro atoms. The summed E-state index contributed by atoms with van der Waals surface area (Å²) in [5.74, 6) is 0. The highest BCUT2D eigenvalue weighted by molar-refractivity contribution is 6.30. The van der Waals surface area contributed by atoms with Crippen LogP contribution in [0.5, 0.6) is 0 Å². The summed E-state index contributed by atoms with van der Waals surface area (Å²) in [6, 6.07) is 15.4. The summed E-state index contributed by atoms with van der Waals surface area (Å²) in [7, 11) is 0. The molecule has 2 rings (SSSR count). The molecule has 0 saturated carbocycles. The number of unbranched alkanes of at least 4 members (excludes halogenated alkanes) is 1. The van der Waals surface area contributed by atoms with Gasteiger partial charge in [0.2, 0.25) is 0 Å². The van der Waals surface area contributed by atoms with Gasteiger partial charge in [0.15, 0.2) is 0 Å². The van der Waals surface area contributed by atoms with Crippen LogP contribution in [0.25, 0.3) is 0 Å². The lowest BCUT2D eigenvalue weighted by Crippen LogP contribution is -2.16. The molecule has 2 nitrogen and oxygen atoms in total. The fourth-order valence-corrected chi connectivity index (χ4v) is 2.44. The molecule has 3 heteroatoms. The summed E-state index contributed by atoms with van der Waals surface area (Å²) < 4.78 is 0. The Morgan fingerprint density at radius 3 is 2.52 bits per heavy atom. The maximum Gasteiger partial charge on any atom is 0.104 e. The zero-order valence-corrected chi connectivity index (χ0v) is 13.1. The van der Waals surface area contributed by atoms with E-state index in [2.05, 4.69) is 18.3 Å². The zero-order chi connectivity index (χ0) is 15.1. The lowest BCUT2D eigenvalue weighted by Gasteiger charge is -2.16. The first-order valence-electron chi connectivity index (χ1n) is 7.44. The summed E-state index contributed by atoms with van der Waals surface area (Å²) in [4.78, 5) is 0. The number of hydrogen-bond donors (Lipinski definition) is 2. The van der Waals surface area contributed by atoms with Gasteiger partial charge in [-0.2, -0.15) is 0 Å². The van der Waals surface area contributed by atoms with E-state index in [1.807, 2.05) is 42.5 Å². The van der Waals surface area contributed by atoms with E-state index in [0.29, 0.717) is 5.02 Å². The van der Waals surface area contributed by atoms with Crippen LogP contribution in [0.4, 0.5) is 0 Å². The van der Waals surface area contributed by atoms with Gasteiger partial charge in [-0.25, -0.2) is 0 Å². The van der Waals surface area contributed by atoms with Gasteiger partial charge in [-0.1, -0.05) is 61.3 Å². The van der Waals surface area contributed by atoms with Crippen LogP contribution in [0, 0.1) is 0 Å². The van der Waals surface area contributed by atoms with Gasteiger partial charge in [-0.3, -0.25) is 0 Å². The third-order valence-electron chi connectivity index (χ3n) is 3.56. The molecule has 21 heavy (non-hydrogen) atoms. The van der Waals surface area contributed by atoms with E-state index in [0.717, 1.165) is 29.8 Å². The van der Waals surface area contributed by atoms with E-state index in [-0.39, 0.29) is 0 Å². The Morgan fingerprint density at radius 2 is 1.81 bits per heavy atom. The first kappa shape index (κ1) is 16.0. The van der Waals surface area contributed by atoms with Gasteiger partial charge in [0, 0.05) is 11.6 Å². The number of hydrogen-bond acceptors (Lipinski definition) is 2. The molecule has 0 bridgehead atoms. The van der Waals surface area contributed by atoms with Crippen LogP contribution < -0.4 is 5.32 Å². The Labute approximate surface area is 131 Å². The number of aliphatic hydroxyl groups is 1. The molecule has 0 heterocycles. The topological polar surface area (TPSA) is 32.3 Å². The lowest BCUT2D eigenvalue weighted by molar-refractivity contribution is 0.219. The minimum Gasteiger partial charge on any atom is -0.384 e. The van der Waals surface area contributed by atoms with Crippen molar-refractivity contribution in [3.8, 4) is 0 Å². The van der Waals surface area contributed by atoms with Crippen molar-refractivity contribution in [2.75, 3.05) is 6.54 Å². The van der Waals surface area contributed by atoms with Crippen LogP contribution in [0.3, 0.4) is 0 Å². The Hall–Kier alpha value is -1.35. The molecule has 2 aromatic rings. The van der Waals surface area contributed by atoms with E-state index < -0.39 is 6.10 Å². The minimum atomic E-state index is -0.619. The maximum absolute atomic E-state index is 10.6. The molecule has 0 radical (unpaired) electrons. The predicted molar refractivity (Wildman–Crippen MR) is 88.6 cm³/mol. The molecule has 0 amide bonds. The van der Waals surface area contributed by atoms with Crippen LogP contribution >= 0.6 is 11.6 Å². The van der Waals surface area contributed by atoms with Crippen molar-refractivity contribution in [3.05, 3.63) is 70.2 Å². The quantitative estimate of drug-likeness (QED) is 0.747. The Bertz CT molecular complexity index is 553. The molecule has 2 aromatic carbocycles. The summed E-state index contributed by atoms with van der Waals surface area (Å²) in [6.07, 6.45) is 1.73. The molecular weight excluding hydrogens is 282 g/mol. The van der Waals surface area contributed by atoms with Gasteiger partial charge in [-0.05, 0) is 41.8 Å². The third kappa shape index (κ3) is 4.57. The standard InChI is InChI=1S/C18H22ClNO/c1-2-3-12-20-13-15-6-4-5-7-17(15)18(21)14-8-10-16(19)11-9-14/h4-11,18,20-21H,2-3,12-13H2,1H3/t18-/m1/s1. The lowest BCUT2D eigenvalue weighted by atomic mass is 9.97. The fourth-order valence-electron chi connectivity index (χ4n) is 2.31. The number of halogens is 1. The largest absolute Gasteiger partial charge is 0.384 e. The Kier molecular flexibility index (Phi) is 6.24. The van der Waals surface area contributed by atoms with Crippen molar-refractivity contribution in [3.63, 3.8) is 0 Å². The second-order valence-electron chi connectivity index (χ2n) is 5.18. The number of benzene rings is 2. The van der Waals surface area contributed by atoms with E-state index in [1.54, 1.807) is 0 Å². The van der Waals surface area contributed by atoms with Crippen molar-refractivity contribution in [2.45, 2.75) is 32.4 Å². The van der Waals surface area contributed by atoms with Crippen molar-refractivity contribution < 1.29 is 5.11 Å². The van der Waals surface area contributed by atoms with Crippen molar-refractivity contribution in [1.82, 2.24) is 5.32 Å². The van der Waals surface area contributed by atoms with E-state index in [1.165, 1.54) is 12.8 Å². The van der Waals surface area contributed by atoms with Crippen LogP contribution in [0.15, 0.2) is 48.5 Å². The second-order valence-corrected chi connectivity index (χ2v) is 5.62. The first-order valence-corrected chi connectivity index (χ1v) is 7.82. The average Bonchev–Trinajstić information content (AvgIpc) is 2.52. The summed E-state index contributed by atoms with van der Waals surface area (Å²) in [5, 5.41) is 14.7. The number of aliphatic hydroxyl groups excluding tert-OH is 1. The molecule has 0 saturated heterocycles. The normalized spacial score (nSPS) is 12.3. The molecule has 0 fully saturated rings. The SMILES string of the molecule is CCCCNCc1ccccc1[C@H](O)c1ccc(Cl)cc1. The van der Waals surface area contributed by atoms with Crippen LogP contribution in [-0.4, -0.2) is 11.7 Å². The van der Waals surface area contributed by atoms with Gasteiger partial charge < -0.3 is 10.4 Å². The fraction of sp³-hybridized carbons (Fsp3) is 0.333. The molecule has 1 atom stereocenters. The van der Waals surface area contributed by atoms with Crippen LogP contribution in [-0.2, 0) is 6.54 Å². The highest BCUT2D eigenvalue weighted by Gasteiger charge is 2.13. The smallest absolute Gasteiger partial charge is 0.104 e. The van der Waals surface area contributed by atoms with Gasteiger partial charge >= 0.3 is 0 Å². The summed E-state index contributed by atoms with van der Waals surface area (Å²) in [6.45, 7) is 3.96. The molecule has 0 unspecified atom stereocenters. The second kappa shape index (κ2) is 8.18. The van der Waals surface area contributed by atoms with Gasteiger partial charge in [0.1, 0.15) is 6.10 Å². The number of rotatable bonds is 7. The molecule has 0 aromatic heterocycles. The average molecular weight is 304 g/mol. The third-order valence-corrected chi connectivity index (χ3v) is 3.81. The van der Waals surface area contributed by atoms with Crippen LogP contribution in [0.2, 0.25) is 5.02 Å². The van der Waals surface area contributed by atoms with E-state index in [9.17, 15) is 5.11 Å². The molecule has 112 valence electrons. The summed E-state index contributed by atoms with van der Waals surface area (Å²) in [5.41, 5.74) is 2.94. The van der Waals surface area contributed by atoms with Gasteiger partial charge in [-0.15, -0.1) is 0 Å². The predicted octanol–water partition coefficient (Wildman–Crippen LogP) is 4.31. The molecule has 2 N–H and O–H groups in total. The summed E-state index contributed by atoms with van der Waals surface area (Å²) >= 11 is 5.90. The Morgan fingerprint density at radius 1 is 1.10 bits per heavy atom. The van der Waals surface area contributed by atoms with Crippen LogP contribution in [0.1, 0.15) is 42.6 Å². The molecule has 0 aliphatic heterocycles. The maximum atomic E-state index is 10.6. The minimum absolute atomic E-state index is 0.619. The zero-order valence-electron chi connectivity index (χ0n) is 12.3. The van der Waals surface area contributed by atoms with E-state index >= 15 is 0 Å². The van der Waals surface area contributed by atoms with Gasteiger partial charge in [0.25, 0.3) is 0 Å². The molecule has 0 aliphatic rings. The van der Waals surface area contributed by atoms with Crippen molar-refractivity contribution >= 4 is 11.6 Å². The Balaban J connectivity index is 2.12.